The van der Waals surface area contributed by atoms with E-state index in [1.807, 2.05) is 26.8 Å². The van der Waals surface area contributed by atoms with Gasteiger partial charge in [0.15, 0.2) is 0 Å². The second kappa shape index (κ2) is 4.52. The lowest BCUT2D eigenvalue weighted by Crippen LogP contribution is -2.34. The van der Waals surface area contributed by atoms with Crippen LogP contribution in [0.2, 0.25) is 0 Å². The van der Waals surface area contributed by atoms with Crippen LogP contribution in [0.5, 0.6) is 5.75 Å². The first-order valence-electron chi connectivity index (χ1n) is 6.16. The van der Waals surface area contributed by atoms with Gasteiger partial charge in [-0.3, -0.25) is 0 Å². The summed E-state index contributed by atoms with van der Waals surface area (Å²) in [4.78, 5) is 11.7. The molecule has 4 heteroatoms. The fourth-order valence-electron chi connectivity index (χ4n) is 2.19. The van der Waals surface area contributed by atoms with E-state index in [9.17, 15) is 9.90 Å². The van der Waals surface area contributed by atoms with Crippen molar-refractivity contribution in [2.45, 2.75) is 45.3 Å². The molecule has 0 heterocycles. The molecule has 1 aromatic rings. The highest BCUT2D eigenvalue weighted by atomic mass is 16.6. The topological polar surface area (TPSA) is 58.6 Å². The maximum Gasteiger partial charge on any atom is 0.408 e. The van der Waals surface area contributed by atoms with Crippen LogP contribution in [0, 0.1) is 0 Å². The summed E-state index contributed by atoms with van der Waals surface area (Å²) in [6.45, 7) is 5.50. The van der Waals surface area contributed by atoms with Gasteiger partial charge in [0.2, 0.25) is 0 Å². The molecule has 1 atom stereocenters. The fraction of sp³-hybridized carbons (Fsp3) is 0.500. The largest absolute Gasteiger partial charge is 0.508 e. The van der Waals surface area contributed by atoms with Crippen LogP contribution in [0.1, 0.15) is 44.4 Å². The third-order valence-corrected chi connectivity index (χ3v) is 2.90. The number of carbonyl (C=O) groups is 1. The second-order valence-corrected chi connectivity index (χ2v) is 5.62. The van der Waals surface area contributed by atoms with Crippen molar-refractivity contribution >= 4 is 6.09 Å². The molecule has 0 aromatic heterocycles. The number of alkyl carbamates (subject to hydrolysis) is 1. The van der Waals surface area contributed by atoms with Crippen LogP contribution in [0.25, 0.3) is 0 Å². The number of hydrogen-bond donors (Lipinski definition) is 2. The molecular weight excluding hydrogens is 230 g/mol. The lowest BCUT2D eigenvalue weighted by atomic mass is 10.1. The highest BCUT2D eigenvalue weighted by Gasteiger charge is 2.26. The number of rotatable bonds is 1. The standard InChI is InChI=1S/C14H19NO3/c1-14(2,3)18-13(17)15-12-7-5-9-4-6-10(16)8-11(9)12/h4,6,8,12,16H,5,7H2,1-3H3,(H,15,17). The zero-order valence-corrected chi connectivity index (χ0v) is 11.0. The molecule has 0 saturated carbocycles. The molecule has 2 N–H and O–H groups in total. The van der Waals surface area contributed by atoms with Crippen LogP contribution >= 0.6 is 0 Å². The van der Waals surface area contributed by atoms with Crippen molar-refractivity contribution in [2.24, 2.45) is 0 Å². The molecule has 98 valence electrons. The average Bonchev–Trinajstić information content (AvgIpc) is 2.58. The number of amides is 1. The summed E-state index contributed by atoms with van der Waals surface area (Å²) in [5.41, 5.74) is 1.67. The van der Waals surface area contributed by atoms with Crippen molar-refractivity contribution < 1.29 is 14.6 Å². The number of hydrogen-bond acceptors (Lipinski definition) is 3. The minimum absolute atomic E-state index is 0.0676. The van der Waals surface area contributed by atoms with Crippen LogP contribution in [-0.2, 0) is 11.2 Å². The predicted octanol–water partition coefficient (Wildman–Crippen LogP) is 2.90. The van der Waals surface area contributed by atoms with Gasteiger partial charge in [0.1, 0.15) is 11.4 Å². The molecule has 0 spiro atoms. The number of benzene rings is 1. The van der Waals surface area contributed by atoms with Crippen LogP contribution in [0.15, 0.2) is 18.2 Å². The molecule has 1 aliphatic rings. The fourth-order valence-corrected chi connectivity index (χ4v) is 2.19. The Morgan fingerprint density at radius 1 is 1.44 bits per heavy atom. The van der Waals surface area contributed by atoms with Gasteiger partial charge in [0, 0.05) is 0 Å². The number of aryl methyl sites for hydroxylation is 1. The Morgan fingerprint density at radius 3 is 2.83 bits per heavy atom. The molecule has 18 heavy (non-hydrogen) atoms. The molecule has 1 aromatic carbocycles. The summed E-state index contributed by atoms with van der Waals surface area (Å²) in [5, 5.41) is 12.3. The Kier molecular flexibility index (Phi) is 3.20. The first kappa shape index (κ1) is 12.7. The number of phenols is 1. The lowest BCUT2D eigenvalue weighted by Gasteiger charge is -2.22. The first-order valence-corrected chi connectivity index (χ1v) is 6.16. The van der Waals surface area contributed by atoms with Crippen LogP contribution in [-0.4, -0.2) is 16.8 Å². The summed E-state index contributed by atoms with van der Waals surface area (Å²) < 4.78 is 5.23. The third-order valence-electron chi connectivity index (χ3n) is 2.90. The highest BCUT2D eigenvalue weighted by Crippen LogP contribution is 2.33. The minimum Gasteiger partial charge on any atom is -0.508 e. The van der Waals surface area contributed by atoms with E-state index < -0.39 is 11.7 Å². The van der Waals surface area contributed by atoms with Gasteiger partial charge in [-0.05, 0) is 56.9 Å². The van der Waals surface area contributed by atoms with Crippen molar-refractivity contribution in [1.82, 2.24) is 5.32 Å². The zero-order valence-electron chi connectivity index (χ0n) is 11.0. The molecule has 2 rings (SSSR count). The maximum atomic E-state index is 11.7. The van der Waals surface area contributed by atoms with E-state index in [4.69, 9.17) is 4.74 Å². The molecule has 0 saturated heterocycles. The van der Waals surface area contributed by atoms with Gasteiger partial charge in [0.05, 0.1) is 6.04 Å². The summed E-state index contributed by atoms with van der Waals surface area (Å²) in [6, 6.07) is 5.22. The molecular formula is C14H19NO3. The molecule has 0 fully saturated rings. The van der Waals surface area contributed by atoms with Crippen LogP contribution in [0.3, 0.4) is 0 Å². The smallest absolute Gasteiger partial charge is 0.408 e. The normalized spacial score (nSPS) is 18.3. The average molecular weight is 249 g/mol. The van der Waals surface area contributed by atoms with Crippen molar-refractivity contribution in [3.8, 4) is 5.75 Å². The van der Waals surface area contributed by atoms with Gasteiger partial charge in [-0.25, -0.2) is 4.79 Å². The Balaban J connectivity index is 2.06. The number of phenolic OH excluding ortho intramolecular Hbond substituents is 1. The van der Waals surface area contributed by atoms with Gasteiger partial charge >= 0.3 is 6.09 Å². The van der Waals surface area contributed by atoms with Crippen LogP contribution in [0.4, 0.5) is 4.79 Å². The highest BCUT2D eigenvalue weighted by molar-refractivity contribution is 5.68. The van der Waals surface area contributed by atoms with Crippen molar-refractivity contribution in [1.29, 1.82) is 0 Å². The number of carbonyl (C=O) groups excluding carboxylic acids is 1. The second-order valence-electron chi connectivity index (χ2n) is 5.62. The summed E-state index contributed by atoms with van der Waals surface area (Å²) in [6.07, 6.45) is 1.34. The molecule has 0 bridgehead atoms. The van der Waals surface area contributed by atoms with Gasteiger partial charge in [-0.15, -0.1) is 0 Å². The first-order chi connectivity index (χ1) is 8.35. The van der Waals surface area contributed by atoms with Crippen LogP contribution < -0.4 is 5.32 Å². The molecule has 4 nitrogen and oxygen atoms in total. The van der Waals surface area contributed by atoms with E-state index >= 15 is 0 Å². The van der Waals surface area contributed by atoms with Crippen molar-refractivity contribution in [2.75, 3.05) is 0 Å². The third kappa shape index (κ3) is 2.94. The number of nitrogens with one attached hydrogen (secondary N) is 1. The lowest BCUT2D eigenvalue weighted by molar-refractivity contribution is 0.0503. The van der Waals surface area contributed by atoms with E-state index in [1.54, 1.807) is 12.1 Å². The van der Waals surface area contributed by atoms with Gasteiger partial charge in [-0.1, -0.05) is 6.07 Å². The Labute approximate surface area is 107 Å². The van der Waals surface area contributed by atoms with Crippen molar-refractivity contribution in [3.63, 3.8) is 0 Å². The Morgan fingerprint density at radius 2 is 2.17 bits per heavy atom. The number of ether oxygens (including phenoxy) is 1. The van der Waals surface area contributed by atoms with E-state index in [2.05, 4.69) is 5.32 Å². The maximum absolute atomic E-state index is 11.7. The quantitative estimate of drug-likeness (QED) is 0.804. The molecule has 0 aliphatic heterocycles. The van der Waals surface area contributed by atoms with Crippen molar-refractivity contribution in [3.05, 3.63) is 29.3 Å². The van der Waals surface area contributed by atoms with Gasteiger partial charge in [-0.2, -0.15) is 0 Å². The minimum atomic E-state index is -0.496. The predicted molar refractivity (Wildman–Crippen MR) is 68.5 cm³/mol. The number of fused-ring (bicyclic) bond motifs is 1. The Hall–Kier alpha value is -1.71. The van der Waals surface area contributed by atoms with Gasteiger partial charge in [0.25, 0.3) is 0 Å². The molecule has 1 amide bonds. The molecule has 1 aliphatic carbocycles. The Bertz CT molecular complexity index is 463. The monoisotopic (exact) mass is 249 g/mol. The SMILES string of the molecule is CC(C)(C)OC(=O)NC1CCc2ccc(O)cc21. The van der Waals surface area contributed by atoms with Gasteiger partial charge < -0.3 is 15.2 Å². The number of aromatic hydroxyl groups is 1. The summed E-state index contributed by atoms with van der Waals surface area (Å²) in [5.74, 6) is 0.228. The van der Waals surface area contributed by atoms with E-state index in [-0.39, 0.29) is 11.8 Å². The van der Waals surface area contributed by atoms with E-state index in [1.165, 1.54) is 5.56 Å². The zero-order chi connectivity index (χ0) is 13.3. The van der Waals surface area contributed by atoms with E-state index in [0.717, 1.165) is 18.4 Å². The van der Waals surface area contributed by atoms with E-state index in [0.29, 0.717) is 0 Å². The summed E-state index contributed by atoms with van der Waals surface area (Å²) in [7, 11) is 0. The summed E-state index contributed by atoms with van der Waals surface area (Å²) >= 11 is 0. The molecule has 1 unspecified atom stereocenters. The molecule has 0 radical (unpaired) electrons.